The van der Waals surface area contributed by atoms with E-state index in [-0.39, 0.29) is 0 Å². The van der Waals surface area contributed by atoms with Gasteiger partial charge in [0.25, 0.3) is 0 Å². The quantitative estimate of drug-likeness (QED) is 0.538. The number of fused-ring (bicyclic) bond motifs is 1. The van der Waals surface area contributed by atoms with Crippen molar-refractivity contribution in [2.24, 2.45) is 0 Å². The number of methoxy groups -OCH3 is 1. The molecule has 0 aliphatic heterocycles. The minimum atomic E-state index is 0.416. The van der Waals surface area contributed by atoms with Crippen molar-refractivity contribution in [2.75, 3.05) is 38.0 Å². The molecular formula is C26H33N5O. The van der Waals surface area contributed by atoms with Gasteiger partial charge in [-0.2, -0.15) is 4.98 Å². The zero-order valence-electron chi connectivity index (χ0n) is 19.2. The van der Waals surface area contributed by atoms with Crippen LogP contribution in [0.3, 0.4) is 0 Å². The lowest BCUT2D eigenvalue weighted by molar-refractivity contribution is 0.363. The van der Waals surface area contributed by atoms with Crippen LogP contribution in [0, 0.1) is 0 Å². The van der Waals surface area contributed by atoms with Crippen molar-refractivity contribution in [1.29, 1.82) is 0 Å². The number of hydrogen-bond acceptors (Lipinski definition) is 6. The topological polar surface area (TPSA) is 62.3 Å². The number of anilines is 2. The van der Waals surface area contributed by atoms with Gasteiger partial charge < -0.3 is 20.3 Å². The van der Waals surface area contributed by atoms with E-state index in [9.17, 15) is 0 Å². The van der Waals surface area contributed by atoms with Crippen molar-refractivity contribution in [2.45, 2.75) is 37.8 Å². The van der Waals surface area contributed by atoms with Crippen LogP contribution in [0.15, 0.2) is 54.6 Å². The van der Waals surface area contributed by atoms with Gasteiger partial charge in [0, 0.05) is 38.1 Å². The van der Waals surface area contributed by atoms with Gasteiger partial charge in [-0.05, 0) is 55.5 Å². The summed E-state index contributed by atoms with van der Waals surface area (Å²) >= 11 is 0. The van der Waals surface area contributed by atoms with Gasteiger partial charge in [0.05, 0.1) is 12.6 Å². The summed E-state index contributed by atoms with van der Waals surface area (Å²) in [6.45, 7) is 0.884. The van der Waals surface area contributed by atoms with Gasteiger partial charge in [0.2, 0.25) is 5.95 Å². The van der Waals surface area contributed by atoms with Crippen molar-refractivity contribution in [1.82, 2.24) is 15.3 Å². The van der Waals surface area contributed by atoms with Gasteiger partial charge in [-0.3, -0.25) is 0 Å². The number of benzene rings is 2. The highest BCUT2D eigenvalue weighted by molar-refractivity contribution is 5.90. The highest BCUT2D eigenvalue weighted by Crippen LogP contribution is 2.26. The Morgan fingerprint density at radius 1 is 0.969 bits per heavy atom. The van der Waals surface area contributed by atoms with Crippen molar-refractivity contribution in [3.8, 4) is 5.75 Å². The molecule has 0 saturated heterocycles. The van der Waals surface area contributed by atoms with E-state index in [1.807, 2.05) is 38.4 Å². The van der Waals surface area contributed by atoms with E-state index >= 15 is 0 Å². The number of ether oxygens (including phenoxy) is 1. The predicted octanol–water partition coefficient (Wildman–Crippen LogP) is 4.73. The van der Waals surface area contributed by atoms with E-state index in [4.69, 9.17) is 14.7 Å². The summed E-state index contributed by atoms with van der Waals surface area (Å²) in [6.07, 6.45) is 8.89. The molecule has 1 aromatic heterocycles. The maximum absolute atomic E-state index is 5.20. The molecule has 0 unspecified atom stereocenters. The fourth-order valence-corrected chi connectivity index (χ4v) is 4.23. The van der Waals surface area contributed by atoms with Crippen LogP contribution in [-0.2, 0) is 0 Å². The molecule has 1 heterocycles. The van der Waals surface area contributed by atoms with Gasteiger partial charge in [-0.25, -0.2) is 4.98 Å². The predicted molar refractivity (Wildman–Crippen MR) is 134 cm³/mol. The largest absolute Gasteiger partial charge is 0.497 e. The molecule has 1 saturated carbocycles. The van der Waals surface area contributed by atoms with Crippen LogP contribution in [0.1, 0.15) is 31.2 Å². The third-order valence-corrected chi connectivity index (χ3v) is 6.02. The van der Waals surface area contributed by atoms with E-state index in [2.05, 4.69) is 52.0 Å². The molecule has 1 aliphatic rings. The maximum Gasteiger partial charge on any atom is 0.225 e. The second-order valence-electron chi connectivity index (χ2n) is 8.56. The van der Waals surface area contributed by atoms with Crippen LogP contribution in [0.25, 0.3) is 17.0 Å². The highest BCUT2D eigenvalue weighted by atomic mass is 16.5. The minimum absolute atomic E-state index is 0.416. The second-order valence-corrected chi connectivity index (χ2v) is 8.56. The van der Waals surface area contributed by atoms with Crippen LogP contribution in [-0.4, -0.2) is 49.8 Å². The Bertz CT molecular complexity index is 1040. The van der Waals surface area contributed by atoms with E-state index in [0.29, 0.717) is 12.1 Å². The molecule has 32 heavy (non-hydrogen) atoms. The second kappa shape index (κ2) is 10.5. The third kappa shape index (κ3) is 5.56. The van der Waals surface area contributed by atoms with Gasteiger partial charge in [-0.15, -0.1) is 0 Å². The van der Waals surface area contributed by atoms with E-state index in [1.165, 1.54) is 5.56 Å². The molecule has 0 radical (unpaired) electrons. The number of nitrogens with one attached hydrogen (secondary N) is 2. The molecule has 2 aromatic carbocycles. The molecule has 0 atom stereocenters. The van der Waals surface area contributed by atoms with Crippen LogP contribution in [0.4, 0.5) is 11.8 Å². The zero-order valence-corrected chi connectivity index (χ0v) is 19.2. The van der Waals surface area contributed by atoms with E-state index < -0.39 is 0 Å². The normalized spacial score (nSPS) is 18.7. The Labute approximate surface area is 190 Å². The Balaban J connectivity index is 1.26. The maximum atomic E-state index is 5.20. The molecule has 0 spiro atoms. The Hall–Kier alpha value is -3.12. The number of para-hydroxylation sites is 1. The Morgan fingerprint density at radius 2 is 1.69 bits per heavy atom. The highest BCUT2D eigenvalue weighted by Gasteiger charge is 2.21. The summed E-state index contributed by atoms with van der Waals surface area (Å²) in [5.41, 5.74) is 2.17. The summed E-state index contributed by atoms with van der Waals surface area (Å²) in [7, 11) is 5.74. The molecule has 2 N–H and O–H groups in total. The molecule has 6 heteroatoms. The lowest BCUT2D eigenvalue weighted by Gasteiger charge is -2.29. The summed E-state index contributed by atoms with van der Waals surface area (Å²) in [4.78, 5) is 11.6. The molecule has 0 bridgehead atoms. The molecule has 6 nitrogen and oxygen atoms in total. The Kier molecular flexibility index (Phi) is 7.22. The number of hydrogen-bond donors (Lipinski definition) is 2. The van der Waals surface area contributed by atoms with E-state index in [1.54, 1.807) is 7.11 Å². The fourth-order valence-electron chi connectivity index (χ4n) is 4.23. The minimum Gasteiger partial charge on any atom is -0.497 e. The summed E-state index contributed by atoms with van der Waals surface area (Å²) in [5, 5.41) is 8.34. The van der Waals surface area contributed by atoms with Crippen LogP contribution < -0.4 is 20.3 Å². The third-order valence-electron chi connectivity index (χ3n) is 6.02. The van der Waals surface area contributed by atoms with Gasteiger partial charge in [0.1, 0.15) is 11.6 Å². The average molecular weight is 432 g/mol. The van der Waals surface area contributed by atoms with Gasteiger partial charge >= 0.3 is 0 Å². The molecule has 168 valence electrons. The van der Waals surface area contributed by atoms with Crippen molar-refractivity contribution in [3.05, 3.63) is 60.2 Å². The van der Waals surface area contributed by atoms with Gasteiger partial charge in [-0.1, -0.05) is 36.4 Å². The molecule has 3 aromatic rings. The average Bonchev–Trinajstić information content (AvgIpc) is 2.82. The monoisotopic (exact) mass is 431 g/mol. The summed E-state index contributed by atoms with van der Waals surface area (Å²) < 4.78 is 5.20. The molecule has 1 aliphatic carbocycles. The fraction of sp³-hybridized carbons (Fsp3) is 0.385. The Morgan fingerprint density at radius 3 is 2.41 bits per heavy atom. The first-order valence-electron chi connectivity index (χ1n) is 11.4. The first-order chi connectivity index (χ1) is 15.6. The number of nitrogens with zero attached hydrogens (tertiary/aromatic N) is 3. The van der Waals surface area contributed by atoms with Crippen molar-refractivity contribution < 1.29 is 4.74 Å². The molecule has 1 fully saturated rings. The lowest BCUT2D eigenvalue weighted by atomic mass is 9.91. The standard InChI is InChI=1S/C26H33N5O/c1-31(2)25-23-8-4-5-9-24(23)29-26(30-25)28-21-14-12-20(13-15-21)27-18-6-7-19-10-16-22(32-3)17-11-19/h4-11,16-17,20-21,27H,12-15,18H2,1-3H3,(H,28,29,30)/b7-6+. The zero-order chi connectivity index (χ0) is 22.3. The van der Waals surface area contributed by atoms with Crippen molar-refractivity contribution in [3.63, 3.8) is 0 Å². The van der Waals surface area contributed by atoms with Crippen LogP contribution >= 0.6 is 0 Å². The first-order valence-corrected chi connectivity index (χ1v) is 11.4. The molecule has 4 rings (SSSR count). The summed E-state index contributed by atoms with van der Waals surface area (Å²) in [5.74, 6) is 2.57. The van der Waals surface area contributed by atoms with Gasteiger partial charge in [0.15, 0.2) is 0 Å². The SMILES string of the molecule is COc1ccc(/C=C/CNC2CCC(Nc3nc(N(C)C)c4ccccc4n3)CC2)cc1. The van der Waals surface area contributed by atoms with Crippen LogP contribution in [0.2, 0.25) is 0 Å². The number of aromatic nitrogens is 2. The first kappa shape index (κ1) is 22.1. The summed E-state index contributed by atoms with van der Waals surface area (Å²) in [6, 6.07) is 17.3. The lowest BCUT2D eigenvalue weighted by Crippen LogP contribution is -2.37. The number of rotatable bonds is 8. The smallest absolute Gasteiger partial charge is 0.225 e. The molecular weight excluding hydrogens is 398 g/mol. The molecule has 0 amide bonds. The van der Waals surface area contributed by atoms with Crippen LogP contribution in [0.5, 0.6) is 5.75 Å². The van der Waals surface area contributed by atoms with E-state index in [0.717, 1.165) is 60.6 Å². The van der Waals surface area contributed by atoms with Crippen molar-refractivity contribution >= 4 is 28.7 Å².